The summed E-state index contributed by atoms with van der Waals surface area (Å²) >= 11 is 0. The molecule has 0 radical (unpaired) electrons. The fourth-order valence-electron chi connectivity index (χ4n) is 1.28. The minimum absolute atomic E-state index is 0.195. The summed E-state index contributed by atoms with van der Waals surface area (Å²) in [6, 6.07) is 3.24. The molecule has 0 atom stereocenters. The van der Waals surface area contributed by atoms with Crippen molar-refractivity contribution < 1.29 is 14.6 Å². The van der Waals surface area contributed by atoms with Gasteiger partial charge in [-0.25, -0.2) is 9.78 Å². The molecule has 94 valence electrons. The molecule has 5 nitrogen and oxygen atoms in total. The maximum absolute atomic E-state index is 10.7. The minimum atomic E-state index is -0.963. The van der Waals surface area contributed by atoms with Gasteiger partial charge in [-0.05, 0) is 26.0 Å². The summed E-state index contributed by atoms with van der Waals surface area (Å²) < 4.78 is 5.43. The molecule has 0 aromatic carbocycles. The lowest BCUT2D eigenvalue weighted by Gasteiger charge is -2.18. The van der Waals surface area contributed by atoms with E-state index in [9.17, 15) is 4.79 Å². The molecule has 0 fully saturated rings. The van der Waals surface area contributed by atoms with Gasteiger partial charge in [0.25, 0.3) is 0 Å². The maximum atomic E-state index is 10.7. The van der Waals surface area contributed by atoms with E-state index < -0.39 is 5.97 Å². The molecule has 0 amide bonds. The van der Waals surface area contributed by atoms with Crippen LogP contribution >= 0.6 is 0 Å². The van der Waals surface area contributed by atoms with Crippen molar-refractivity contribution in [3.05, 3.63) is 23.9 Å². The molecule has 1 aromatic heterocycles. The first-order valence-corrected chi connectivity index (χ1v) is 5.53. The average molecular weight is 238 g/mol. The van der Waals surface area contributed by atoms with E-state index in [0.717, 1.165) is 12.4 Å². The largest absolute Gasteiger partial charge is 0.478 e. The van der Waals surface area contributed by atoms with E-state index in [2.05, 4.69) is 4.98 Å². The van der Waals surface area contributed by atoms with Crippen LogP contribution in [0.4, 0.5) is 5.82 Å². The van der Waals surface area contributed by atoms with E-state index in [1.54, 1.807) is 12.1 Å². The molecule has 0 saturated carbocycles. The van der Waals surface area contributed by atoms with E-state index in [0.29, 0.717) is 6.61 Å². The number of hydrogen-bond acceptors (Lipinski definition) is 4. The molecule has 0 unspecified atom stereocenters. The van der Waals surface area contributed by atoms with E-state index >= 15 is 0 Å². The molecule has 1 N–H and O–H groups in total. The van der Waals surface area contributed by atoms with Crippen LogP contribution in [-0.2, 0) is 4.74 Å². The Balaban J connectivity index is 2.51. The first-order valence-electron chi connectivity index (χ1n) is 5.53. The number of anilines is 1. The Kier molecular flexibility index (Phi) is 4.90. The van der Waals surface area contributed by atoms with Crippen molar-refractivity contribution in [3.63, 3.8) is 0 Å². The number of likely N-dealkylation sites (N-methyl/N-ethyl adjacent to an activating group) is 1. The molecule has 0 bridgehead atoms. The maximum Gasteiger partial charge on any atom is 0.337 e. The van der Waals surface area contributed by atoms with Crippen LogP contribution in [0.2, 0.25) is 0 Å². The highest BCUT2D eigenvalue weighted by Crippen LogP contribution is 2.09. The summed E-state index contributed by atoms with van der Waals surface area (Å²) in [7, 11) is 1.90. The number of aromatic carboxylic acids is 1. The molecule has 0 aliphatic carbocycles. The number of aromatic nitrogens is 1. The predicted octanol–water partition coefficient (Wildman–Crippen LogP) is 1.64. The zero-order chi connectivity index (χ0) is 12.8. The van der Waals surface area contributed by atoms with Crippen molar-refractivity contribution in [1.29, 1.82) is 0 Å². The fourth-order valence-corrected chi connectivity index (χ4v) is 1.28. The Morgan fingerprint density at radius 1 is 1.53 bits per heavy atom. The second kappa shape index (κ2) is 6.20. The van der Waals surface area contributed by atoms with Crippen molar-refractivity contribution >= 4 is 11.8 Å². The van der Waals surface area contributed by atoms with Gasteiger partial charge in [-0.1, -0.05) is 0 Å². The second-order valence-corrected chi connectivity index (χ2v) is 4.05. The van der Waals surface area contributed by atoms with Crippen LogP contribution in [0.15, 0.2) is 18.3 Å². The molecule has 1 heterocycles. The number of carboxylic acids is 1. The van der Waals surface area contributed by atoms with Crippen molar-refractivity contribution in [2.24, 2.45) is 0 Å². The Morgan fingerprint density at radius 2 is 2.24 bits per heavy atom. The molecule has 0 aliphatic rings. The van der Waals surface area contributed by atoms with Gasteiger partial charge < -0.3 is 14.7 Å². The molecule has 17 heavy (non-hydrogen) atoms. The lowest BCUT2D eigenvalue weighted by atomic mass is 10.3. The summed E-state index contributed by atoms with van der Waals surface area (Å²) in [5, 5.41) is 8.74. The topological polar surface area (TPSA) is 62.7 Å². The van der Waals surface area contributed by atoms with Crippen LogP contribution in [0.1, 0.15) is 24.2 Å². The van der Waals surface area contributed by atoms with Crippen LogP contribution in [0.3, 0.4) is 0 Å². The van der Waals surface area contributed by atoms with E-state index in [1.165, 1.54) is 6.20 Å². The molecule has 0 aliphatic heterocycles. The fraction of sp³-hybridized carbons (Fsp3) is 0.500. The van der Waals surface area contributed by atoms with Crippen LogP contribution in [0.5, 0.6) is 0 Å². The van der Waals surface area contributed by atoms with Crippen molar-refractivity contribution in [1.82, 2.24) is 4.98 Å². The Hall–Kier alpha value is -1.62. The van der Waals surface area contributed by atoms with Gasteiger partial charge in [0.1, 0.15) is 5.82 Å². The summed E-state index contributed by atoms with van der Waals surface area (Å²) in [5.41, 5.74) is 0.195. The van der Waals surface area contributed by atoms with Crippen molar-refractivity contribution in [2.45, 2.75) is 20.0 Å². The van der Waals surface area contributed by atoms with Crippen molar-refractivity contribution in [3.8, 4) is 0 Å². The van der Waals surface area contributed by atoms with Crippen LogP contribution in [0, 0.1) is 0 Å². The minimum Gasteiger partial charge on any atom is -0.478 e. The van der Waals surface area contributed by atoms with E-state index in [1.807, 2.05) is 25.8 Å². The number of rotatable bonds is 6. The van der Waals surface area contributed by atoms with E-state index in [-0.39, 0.29) is 11.7 Å². The van der Waals surface area contributed by atoms with Gasteiger partial charge in [-0.2, -0.15) is 0 Å². The first kappa shape index (κ1) is 13.4. The number of carbonyl (C=O) groups is 1. The highest BCUT2D eigenvalue weighted by Gasteiger charge is 2.06. The predicted molar refractivity (Wildman–Crippen MR) is 65.6 cm³/mol. The number of nitrogens with zero attached hydrogens (tertiary/aromatic N) is 2. The van der Waals surface area contributed by atoms with E-state index in [4.69, 9.17) is 9.84 Å². The monoisotopic (exact) mass is 238 g/mol. The molecule has 5 heteroatoms. The number of ether oxygens (including phenoxy) is 1. The summed E-state index contributed by atoms with van der Waals surface area (Å²) in [6.07, 6.45) is 1.57. The molecular formula is C12H18N2O3. The first-order chi connectivity index (χ1) is 8.00. The number of pyridine rings is 1. The number of carboxylic acid groups (broad SMARTS) is 1. The van der Waals surface area contributed by atoms with Crippen LogP contribution in [-0.4, -0.2) is 42.4 Å². The Bertz CT molecular complexity index is 363. The molecular weight excluding hydrogens is 220 g/mol. The third kappa shape index (κ3) is 4.40. The lowest BCUT2D eigenvalue weighted by Crippen LogP contribution is -2.24. The average Bonchev–Trinajstić information content (AvgIpc) is 2.28. The smallest absolute Gasteiger partial charge is 0.337 e. The quantitative estimate of drug-likeness (QED) is 0.816. The zero-order valence-corrected chi connectivity index (χ0v) is 10.4. The van der Waals surface area contributed by atoms with Crippen LogP contribution in [0.25, 0.3) is 0 Å². The third-order valence-electron chi connectivity index (χ3n) is 2.26. The Labute approximate surface area is 101 Å². The third-order valence-corrected chi connectivity index (χ3v) is 2.26. The van der Waals surface area contributed by atoms with Gasteiger partial charge in [-0.3, -0.25) is 0 Å². The van der Waals surface area contributed by atoms with Gasteiger partial charge in [0.05, 0.1) is 18.3 Å². The zero-order valence-electron chi connectivity index (χ0n) is 10.4. The van der Waals surface area contributed by atoms with Gasteiger partial charge >= 0.3 is 5.97 Å². The summed E-state index contributed by atoms with van der Waals surface area (Å²) in [6.45, 7) is 5.31. The highest BCUT2D eigenvalue weighted by atomic mass is 16.5. The SMILES string of the molecule is CC(C)OCCN(C)c1ccc(C(=O)O)cn1. The molecule has 1 aromatic rings. The summed E-state index contributed by atoms with van der Waals surface area (Å²) in [4.78, 5) is 16.7. The van der Waals surface area contributed by atoms with Crippen LogP contribution < -0.4 is 4.90 Å². The Morgan fingerprint density at radius 3 is 2.71 bits per heavy atom. The van der Waals surface area contributed by atoms with Gasteiger partial charge in [0.15, 0.2) is 0 Å². The standard InChI is InChI=1S/C12H18N2O3/c1-9(2)17-7-6-14(3)11-5-4-10(8-13-11)12(15)16/h4-5,8-9H,6-7H2,1-3H3,(H,15,16). The van der Waals surface area contributed by atoms with Crippen molar-refractivity contribution in [2.75, 3.05) is 25.1 Å². The van der Waals surface area contributed by atoms with Gasteiger partial charge in [0, 0.05) is 19.8 Å². The second-order valence-electron chi connectivity index (χ2n) is 4.05. The normalized spacial score (nSPS) is 10.6. The highest BCUT2D eigenvalue weighted by molar-refractivity contribution is 5.87. The van der Waals surface area contributed by atoms with Gasteiger partial charge in [-0.15, -0.1) is 0 Å². The summed E-state index contributed by atoms with van der Waals surface area (Å²) in [5.74, 6) is -0.225. The van der Waals surface area contributed by atoms with Gasteiger partial charge in [0.2, 0.25) is 0 Å². The molecule has 1 rings (SSSR count). The number of hydrogen-bond donors (Lipinski definition) is 1. The molecule has 0 saturated heterocycles. The lowest BCUT2D eigenvalue weighted by molar-refractivity contribution is 0.0696. The molecule has 0 spiro atoms.